The van der Waals surface area contributed by atoms with Gasteiger partial charge in [0.1, 0.15) is 5.75 Å². The molecule has 2 bridgehead atoms. The van der Waals surface area contributed by atoms with E-state index in [1.807, 2.05) is 30.0 Å². The fourth-order valence-corrected chi connectivity index (χ4v) is 3.52. The van der Waals surface area contributed by atoms with Gasteiger partial charge in [0.2, 0.25) is 0 Å². The quantitative estimate of drug-likeness (QED) is 0.666. The van der Waals surface area contributed by atoms with Crippen LogP contribution in [0, 0.1) is 0 Å². The van der Waals surface area contributed by atoms with E-state index in [4.69, 9.17) is 28.6 Å². The Kier molecular flexibility index (Phi) is 3.18. The molecule has 2 atom stereocenters. The molecule has 3 rings (SSSR count). The van der Waals surface area contributed by atoms with Crippen molar-refractivity contribution in [2.24, 2.45) is 0 Å². The zero-order chi connectivity index (χ0) is 14.5. The maximum absolute atomic E-state index is 6.28. The lowest BCUT2D eigenvalue weighted by Gasteiger charge is -2.52. The van der Waals surface area contributed by atoms with Crippen LogP contribution in [0.2, 0.25) is 5.02 Å². The summed E-state index contributed by atoms with van der Waals surface area (Å²) in [6.07, 6.45) is 0.827. The molecule has 2 aliphatic heterocycles. The van der Waals surface area contributed by atoms with Gasteiger partial charge in [0.25, 0.3) is 0 Å². The van der Waals surface area contributed by atoms with Gasteiger partial charge >= 0.3 is 0 Å². The van der Waals surface area contributed by atoms with E-state index in [0.29, 0.717) is 16.7 Å². The van der Waals surface area contributed by atoms with E-state index in [2.05, 4.69) is 18.8 Å². The molecule has 0 spiro atoms. The summed E-state index contributed by atoms with van der Waals surface area (Å²) in [5.74, 6) is 0.759. The lowest BCUT2D eigenvalue weighted by Crippen LogP contribution is -2.64. The summed E-state index contributed by atoms with van der Waals surface area (Å²) in [5, 5.41) is 4.74. The Balaban J connectivity index is 2.05. The van der Waals surface area contributed by atoms with Gasteiger partial charge in [0.15, 0.2) is 10.8 Å². The first-order chi connectivity index (χ1) is 9.40. The van der Waals surface area contributed by atoms with Crippen LogP contribution in [-0.4, -0.2) is 22.3 Å². The highest BCUT2D eigenvalue weighted by molar-refractivity contribution is 7.80. The average Bonchev–Trinajstić information content (AvgIpc) is 2.36. The standard InChI is InChI=1S/C15H17ClN2OS/c1-9(2)8-18-14(20)17-12-7-15(18,3)19-13-10(12)5-4-6-11(13)16/h4-6,12H,1,7-8H2,2-3H3,(H,17,20). The lowest BCUT2D eigenvalue weighted by molar-refractivity contribution is -0.0640. The topological polar surface area (TPSA) is 24.5 Å². The Morgan fingerprint density at radius 3 is 3.10 bits per heavy atom. The van der Waals surface area contributed by atoms with Crippen LogP contribution in [0.1, 0.15) is 31.9 Å². The van der Waals surface area contributed by atoms with Gasteiger partial charge in [-0.25, -0.2) is 0 Å². The third-order valence-electron chi connectivity index (χ3n) is 3.82. The number of hydrogen-bond acceptors (Lipinski definition) is 2. The highest BCUT2D eigenvalue weighted by Gasteiger charge is 2.47. The van der Waals surface area contributed by atoms with Crippen LogP contribution < -0.4 is 10.1 Å². The zero-order valence-electron chi connectivity index (χ0n) is 11.6. The predicted octanol–water partition coefficient (Wildman–Crippen LogP) is 3.65. The Morgan fingerprint density at radius 1 is 1.65 bits per heavy atom. The van der Waals surface area contributed by atoms with E-state index in [0.717, 1.165) is 23.3 Å². The van der Waals surface area contributed by atoms with Gasteiger partial charge in [-0.15, -0.1) is 0 Å². The van der Waals surface area contributed by atoms with Crippen LogP contribution in [0.3, 0.4) is 0 Å². The van der Waals surface area contributed by atoms with E-state index in [1.165, 1.54) is 0 Å². The van der Waals surface area contributed by atoms with Crippen molar-refractivity contribution < 1.29 is 4.74 Å². The molecule has 1 fully saturated rings. The van der Waals surface area contributed by atoms with Crippen LogP contribution in [0.4, 0.5) is 0 Å². The number of fused-ring (bicyclic) bond motifs is 4. The van der Waals surface area contributed by atoms with E-state index in [1.54, 1.807) is 0 Å². The molecule has 0 aliphatic carbocycles. The van der Waals surface area contributed by atoms with Crippen molar-refractivity contribution in [2.75, 3.05) is 6.54 Å². The first kappa shape index (κ1) is 13.7. The van der Waals surface area contributed by atoms with Crippen LogP contribution in [-0.2, 0) is 0 Å². The fourth-order valence-electron chi connectivity index (χ4n) is 2.90. The molecule has 0 saturated carbocycles. The first-order valence-corrected chi connectivity index (χ1v) is 7.39. The van der Waals surface area contributed by atoms with Gasteiger partial charge in [0.05, 0.1) is 11.1 Å². The monoisotopic (exact) mass is 308 g/mol. The van der Waals surface area contributed by atoms with Crippen molar-refractivity contribution in [2.45, 2.75) is 32.0 Å². The zero-order valence-corrected chi connectivity index (χ0v) is 13.1. The molecule has 2 unspecified atom stereocenters. The van der Waals surface area contributed by atoms with Gasteiger partial charge < -0.3 is 15.0 Å². The second-order valence-electron chi connectivity index (χ2n) is 5.68. The molecule has 2 heterocycles. The van der Waals surface area contributed by atoms with Crippen LogP contribution >= 0.6 is 23.8 Å². The average molecular weight is 309 g/mol. The largest absolute Gasteiger partial charge is 0.466 e. The number of rotatable bonds is 2. The normalized spacial score (nSPS) is 27.4. The molecule has 5 heteroatoms. The number of nitrogens with zero attached hydrogens (tertiary/aromatic N) is 1. The van der Waals surface area contributed by atoms with Crippen molar-refractivity contribution in [1.82, 2.24) is 10.2 Å². The number of para-hydroxylation sites is 1. The summed E-state index contributed by atoms with van der Waals surface area (Å²) in [6, 6.07) is 5.98. The Bertz CT molecular complexity index is 604. The van der Waals surface area contributed by atoms with Crippen molar-refractivity contribution in [3.8, 4) is 5.75 Å². The molecular weight excluding hydrogens is 292 g/mol. The van der Waals surface area contributed by atoms with Crippen molar-refractivity contribution in [3.63, 3.8) is 0 Å². The third kappa shape index (κ3) is 2.07. The number of nitrogens with one attached hydrogen (secondary N) is 1. The molecule has 20 heavy (non-hydrogen) atoms. The molecule has 1 aromatic carbocycles. The summed E-state index contributed by atoms with van der Waals surface area (Å²) in [7, 11) is 0. The number of thiocarbonyl (C=S) groups is 1. The van der Waals surface area contributed by atoms with E-state index >= 15 is 0 Å². The maximum Gasteiger partial charge on any atom is 0.184 e. The minimum atomic E-state index is -0.482. The minimum absolute atomic E-state index is 0.149. The molecule has 0 amide bonds. The van der Waals surface area contributed by atoms with Crippen molar-refractivity contribution in [1.29, 1.82) is 0 Å². The Labute approximate surface area is 129 Å². The number of ether oxygens (including phenoxy) is 1. The summed E-state index contributed by atoms with van der Waals surface area (Å²) < 4.78 is 6.23. The molecule has 0 aromatic heterocycles. The Morgan fingerprint density at radius 2 is 2.40 bits per heavy atom. The van der Waals surface area contributed by atoms with Gasteiger partial charge in [0, 0.05) is 18.5 Å². The number of benzene rings is 1. The number of halogens is 1. The first-order valence-electron chi connectivity index (χ1n) is 6.61. The molecule has 2 aliphatic rings. The molecule has 106 valence electrons. The van der Waals surface area contributed by atoms with Crippen molar-refractivity contribution >= 4 is 28.9 Å². The van der Waals surface area contributed by atoms with Gasteiger partial charge in [-0.05, 0) is 32.1 Å². The van der Waals surface area contributed by atoms with Crippen LogP contribution in [0.5, 0.6) is 5.75 Å². The lowest BCUT2D eigenvalue weighted by atomic mass is 9.90. The maximum atomic E-state index is 6.28. The SMILES string of the molecule is C=C(C)CN1C(=S)NC2CC1(C)Oc1c(Cl)cccc12. The number of hydrogen-bond donors (Lipinski definition) is 1. The van der Waals surface area contributed by atoms with E-state index < -0.39 is 5.72 Å². The summed E-state index contributed by atoms with van der Waals surface area (Å²) in [5.41, 5.74) is 1.64. The summed E-state index contributed by atoms with van der Waals surface area (Å²) >= 11 is 11.8. The third-order valence-corrected chi connectivity index (χ3v) is 4.46. The van der Waals surface area contributed by atoms with Gasteiger partial charge in [-0.3, -0.25) is 0 Å². The molecule has 1 N–H and O–H groups in total. The highest BCUT2D eigenvalue weighted by atomic mass is 35.5. The van der Waals surface area contributed by atoms with E-state index in [-0.39, 0.29) is 6.04 Å². The van der Waals surface area contributed by atoms with Crippen LogP contribution in [0.15, 0.2) is 30.4 Å². The molecule has 0 radical (unpaired) electrons. The fraction of sp³-hybridized carbons (Fsp3) is 0.400. The second-order valence-corrected chi connectivity index (χ2v) is 6.48. The van der Waals surface area contributed by atoms with E-state index in [9.17, 15) is 0 Å². The Hall–Kier alpha value is -1.26. The summed E-state index contributed by atoms with van der Waals surface area (Å²) in [4.78, 5) is 2.05. The molecule has 3 nitrogen and oxygen atoms in total. The smallest absolute Gasteiger partial charge is 0.184 e. The second kappa shape index (κ2) is 4.64. The molecule has 1 aromatic rings. The summed E-state index contributed by atoms with van der Waals surface area (Å²) in [6.45, 7) is 8.69. The predicted molar refractivity (Wildman–Crippen MR) is 85.1 cm³/mol. The highest BCUT2D eigenvalue weighted by Crippen LogP contribution is 2.46. The molecular formula is C15H17ClN2OS. The minimum Gasteiger partial charge on any atom is -0.466 e. The molecule has 1 saturated heterocycles. The van der Waals surface area contributed by atoms with Gasteiger partial charge in [-0.2, -0.15) is 0 Å². The van der Waals surface area contributed by atoms with Crippen molar-refractivity contribution in [3.05, 3.63) is 40.9 Å². The van der Waals surface area contributed by atoms with Gasteiger partial charge in [-0.1, -0.05) is 35.9 Å². The van der Waals surface area contributed by atoms with Crippen LogP contribution in [0.25, 0.3) is 0 Å².